The minimum atomic E-state index is -3.97. The third-order valence-electron chi connectivity index (χ3n) is 4.75. The van der Waals surface area contributed by atoms with Crippen LogP contribution in [0, 0.1) is 11.3 Å². The Bertz CT molecular complexity index is 539. The second kappa shape index (κ2) is 11.8. The van der Waals surface area contributed by atoms with Crippen molar-refractivity contribution in [2.24, 2.45) is 11.7 Å². The van der Waals surface area contributed by atoms with E-state index in [1.807, 2.05) is 27.7 Å². The van der Waals surface area contributed by atoms with Gasteiger partial charge in [0.2, 0.25) is 0 Å². The maximum Gasteiger partial charge on any atom is 0.354 e. The fraction of sp³-hybridized carbons (Fsp3) is 0.833. The number of nitrogens with one attached hydrogen (secondary N) is 2. The summed E-state index contributed by atoms with van der Waals surface area (Å²) < 4.78 is 29.5. The molecule has 0 amide bonds. The molecule has 8 nitrogen and oxygen atoms in total. The van der Waals surface area contributed by atoms with Crippen LogP contribution < -0.4 is 11.1 Å². The minimum absolute atomic E-state index is 0.00821. The molecule has 0 heterocycles. The van der Waals surface area contributed by atoms with Crippen molar-refractivity contribution in [3.63, 3.8) is 0 Å². The summed E-state index contributed by atoms with van der Waals surface area (Å²) in [6.07, 6.45) is 4.30. The number of hydrogen-bond donors (Lipinski definition) is 4. The van der Waals surface area contributed by atoms with Crippen LogP contribution in [-0.2, 0) is 18.6 Å². The van der Waals surface area contributed by atoms with Crippen LogP contribution in [0.15, 0.2) is 11.4 Å². The molecule has 1 aliphatic carbocycles. The van der Waals surface area contributed by atoms with Gasteiger partial charge in [-0.25, -0.2) is 0 Å². The average molecular weight is 405 g/mol. The predicted molar refractivity (Wildman–Crippen MR) is 107 cm³/mol. The molecule has 0 aromatic heterocycles. The lowest BCUT2D eigenvalue weighted by Gasteiger charge is -2.37. The smallest absolute Gasteiger partial charge is 0.354 e. The summed E-state index contributed by atoms with van der Waals surface area (Å²) in [6, 6.07) is -0.276. The van der Waals surface area contributed by atoms with Crippen LogP contribution in [0.25, 0.3) is 0 Å². The summed E-state index contributed by atoms with van der Waals surface area (Å²) in [5, 5.41) is 10.7. The SMILES string of the molecule is CCCOCCOP(=O)(O)C1=C[C@@H](OC(CC)CC)[C@H](C)[C@@H](NC(=N)N)C1. The van der Waals surface area contributed by atoms with E-state index in [1.165, 1.54) is 0 Å². The Morgan fingerprint density at radius 1 is 1.37 bits per heavy atom. The van der Waals surface area contributed by atoms with E-state index in [4.69, 9.17) is 25.1 Å². The second-order valence-corrected chi connectivity index (χ2v) is 8.76. The Morgan fingerprint density at radius 2 is 2.04 bits per heavy atom. The molecule has 1 rings (SSSR count). The molecular formula is C18H36N3O5P. The van der Waals surface area contributed by atoms with Crippen LogP contribution in [0.1, 0.15) is 53.4 Å². The van der Waals surface area contributed by atoms with Gasteiger partial charge < -0.3 is 29.9 Å². The van der Waals surface area contributed by atoms with Gasteiger partial charge in [0.05, 0.1) is 25.4 Å². The van der Waals surface area contributed by atoms with Gasteiger partial charge in [-0.2, -0.15) is 0 Å². The summed E-state index contributed by atoms with van der Waals surface area (Å²) in [4.78, 5) is 10.4. The molecule has 0 fully saturated rings. The van der Waals surface area contributed by atoms with E-state index in [0.717, 1.165) is 19.3 Å². The highest BCUT2D eigenvalue weighted by molar-refractivity contribution is 7.57. The Hall–Kier alpha value is -0.920. The molecule has 0 aromatic rings. The molecule has 1 unspecified atom stereocenters. The van der Waals surface area contributed by atoms with Crippen molar-refractivity contribution in [1.29, 1.82) is 5.41 Å². The molecule has 0 aromatic carbocycles. The summed E-state index contributed by atoms with van der Waals surface area (Å²) >= 11 is 0. The maximum absolute atomic E-state index is 12.8. The number of rotatable bonds is 12. The molecule has 9 heteroatoms. The fourth-order valence-electron chi connectivity index (χ4n) is 3.06. The van der Waals surface area contributed by atoms with Gasteiger partial charge in [0.25, 0.3) is 0 Å². The highest BCUT2D eigenvalue weighted by atomic mass is 31.2. The molecular weight excluding hydrogens is 369 g/mol. The fourth-order valence-corrected chi connectivity index (χ4v) is 4.31. The molecule has 0 spiro atoms. The monoisotopic (exact) mass is 405 g/mol. The average Bonchev–Trinajstić information content (AvgIpc) is 2.61. The van der Waals surface area contributed by atoms with Gasteiger partial charge in [-0.1, -0.05) is 27.7 Å². The van der Waals surface area contributed by atoms with Gasteiger partial charge >= 0.3 is 7.60 Å². The molecule has 5 N–H and O–H groups in total. The van der Waals surface area contributed by atoms with Crippen molar-refractivity contribution in [2.75, 3.05) is 19.8 Å². The van der Waals surface area contributed by atoms with Crippen LogP contribution in [-0.4, -0.2) is 48.9 Å². The van der Waals surface area contributed by atoms with Crippen LogP contribution in [0.5, 0.6) is 0 Å². The van der Waals surface area contributed by atoms with Gasteiger partial charge in [-0.05, 0) is 25.3 Å². The topological polar surface area (TPSA) is 127 Å². The lowest BCUT2D eigenvalue weighted by Crippen LogP contribution is -2.49. The highest BCUT2D eigenvalue weighted by Gasteiger charge is 2.38. The number of hydrogen-bond acceptors (Lipinski definition) is 5. The number of nitrogens with two attached hydrogens (primary N) is 1. The van der Waals surface area contributed by atoms with Crippen molar-refractivity contribution >= 4 is 13.6 Å². The Labute approximate surface area is 162 Å². The Morgan fingerprint density at radius 3 is 2.59 bits per heavy atom. The maximum atomic E-state index is 12.8. The van der Waals surface area contributed by atoms with E-state index in [0.29, 0.717) is 11.9 Å². The molecule has 0 saturated heterocycles. The molecule has 4 atom stereocenters. The first-order valence-corrected chi connectivity index (χ1v) is 11.3. The standard InChI is InChI=1S/C18H36N3O5P/c1-5-8-24-9-10-25-27(22,23)15-11-16(21-18(19)20)13(4)17(12-15)26-14(6-2)7-3/h12-14,16-17H,5-11H2,1-4H3,(H,22,23)(H4,19,20,21)/t13-,16+,17-/m1/s1. The van der Waals surface area contributed by atoms with E-state index in [2.05, 4.69) is 5.32 Å². The first kappa shape index (κ1) is 24.1. The van der Waals surface area contributed by atoms with Gasteiger partial charge in [0, 0.05) is 30.3 Å². The predicted octanol–water partition coefficient (Wildman–Crippen LogP) is 2.96. The third kappa shape index (κ3) is 7.92. The zero-order valence-electron chi connectivity index (χ0n) is 16.9. The van der Waals surface area contributed by atoms with Gasteiger partial charge in [0.1, 0.15) is 0 Å². The lowest BCUT2D eigenvalue weighted by atomic mass is 9.87. The Kier molecular flexibility index (Phi) is 10.6. The summed E-state index contributed by atoms with van der Waals surface area (Å²) in [5.41, 5.74) is 5.50. The van der Waals surface area contributed by atoms with Crippen molar-refractivity contribution in [2.45, 2.75) is 71.6 Å². The summed E-state index contributed by atoms with van der Waals surface area (Å²) in [6.45, 7) is 8.99. The first-order chi connectivity index (χ1) is 12.7. The molecule has 0 radical (unpaired) electrons. The number of ether oxygens (including phenoxy) is 2. The van der Waals surface area contributed by atoms with E-state index in [-0.39, 0.29) is 49.8 Å². The molecule has 0 bridgehead atoms. The molecule has 1 aliphatic rings. The van der Waals surface area contributed by atoms with Gasteiger partial charge in [-0.3, -0.25) is 9.97 Å². The molecule has 0 saturated carbocycles. The quantitative estimate of drug-likeness (QED) is 0.170. The second-order valence-electron chi connectivity index (χ2n) is 6.89. The van der Waals surface area contributed by atoms with E-state index >= 15 is 0 Å². The third-order valence-corrected chi connectivity index (χ3v) is 6.34. The van der Waals surface area contributed by atoms with E-state index in [1.54, 1.807) is 6.08 Å². The first-order valence-electron chi connectivity index (χ1n) is 9.77. The van der Waals surface area contributed by atoms with Crippen molar-refractivity contribution < 1.29 is 23.5 Å². The van der Waals surface area contributed by atoms with Crippen LogP contribution >= 0.6 is 7.60 Å². The van der Waals surface area contributed by atoms with Crippen LogP contribution in [0.2, 0.25) is 0 Å². The van der Waals surface area contributed by atoms with Crippen LogP contribution in [0.4, 0.5) is 0 Å². The normalized spacial score (nSPS) is 25.1. The largest absolute Gasteiger partial charge is 0.379 e. The zero-order valence-corrected chi connectivity index (χ0v) is 17.8. The van der Waals surface area contributed by atoms with Crippen molar-refractivity contribution in [3.8, 4) is 0 Å². The van der Waals surface area contributed by atoms with Crippen LogP contribution in [0.3, 0.4) is 0 Å². The lowest BCUT2D eigenvalue weighted by molar-refractivity contribution is -0.0261. The number of guanidine groups is 1. The molecule has 27 heavy (non-hydrogen) atoms. The minimum Gasteiger partial charge on any atom is -0.379 e. The molecule has 0 aliphatic heterocycles. The molecule has 158 valence electrons. The Balaban J connectivity index is 2.91. The summed E-state index contributed by atoms with van der Waals surface area (Å²) in [7, 11) is -3.97. The van der Waals surface area contributed by atoms with E-state index in [9.17, 15) is 9.46 Å². The van der Waals surface area contributed by atoms with Gasteiger partial charge in [0.15, 0.2) is 5.96 Å². The van der Waals surface area contributed by atoms with Crippen molar-refractivity contribution in [1.82, 2.24) is 5.32 Å². The zero-order chi connectivity index (χ0) is 20.4. The highest BCUT2D eigenvalue weighted by Crippen LogP contribution is 2.54. The van der Waals surface area contributed by atoms with E-state index < -0.39 is 7.60 Å². The summed E-state index contributed by atoms with van der Waals surface area (Å²) in [5.74, 6) is -0.179. The van der Waals surface area contributed by atoms with Gasteiger partial charge in [-0.15, -0.1) is 0 Å². The van der Waals surface area contributed by atoms with Crippen molar-refractivity contribution in [3.05, 3.63) is 11.4 Å².